The third-order valence-electron chi connectivity index (χ3n) is 3.11. The topological polar surface area (TPSA) is 12.0 Å². The van der Waals surface area contributed by atoms with Gasteiger partial charge in [0.15, 0.2) is 0 Å². The van der Waals surface area contributed by atoms with Crippen LogP contribution in [0.1, 0.15) is 59.3 Å². The average molecular weight is 234 g/mol. The van der Waals surface area contributed by atoms with Gasteiger partial charge in [0, 0.05) is 11.9 Å². The summed E-state index contributed by atoms with van der Waals surface area (Å²) in [6.07, 6.45) is 7.70. The van der Waals surface area contributed by atoms with E-state index in [0.29, 0.717) is 11.3 Å². The molecule has 1 atom stereocenters. The maximum Gasteiger partial charge on any atom is 0.0488 e. The number of unbranched alkanes of at least 4 members (excludes halogenated alkanes) is 3. The number of rotatable bonds is 10. The van der Waals surface area contributed by atoms with Crippen molar-refractivity contribution < 1.29 is 0 Å². The van der Waals surface area contributed by atoms with E-state index < -0.39 is 0 Å². The van der Waals surface area contributed by atoms with E-state index in [1.165, 1.54) is 38.5 Å². The van der Waals surface area contributed by atoms with Crippen molar-refractivity contribution >= 4 is 11.6 Å². The second-order valence-corrected chi connectivity index (χ2v) is 4.92. The molecular weight excluding hydrogens is 206 g/mol. The molecule has 0 aromatic heterocycles. The van der Waals surface area contributed by atoms with E-state index in [-0.39, 0.29) is 0 Å². The van der Waals surface area contributed by atoms with Gasteiger partial charge in [0.25, 0.3) is 0 Å². The van der Waals surface area contributed by atoms with E-state index in [1.807, 2.05) is 0 Å². The fourth-order valence-electron chi connectivity index (χ4n) is 1.88. The molecule has 2 heteroatoms. The van der Waals surface area contributed by atoms with Crippen molar-refractivity contribution in [1.29, 1.82) is 0 Å². The van der Waals surface area contributed by atoms with E-state index in [0.717, 1.165) is 13.1 Å². The Morgan fingerprint density at radius 2 is 1.67 bits per heavy atom. The molecule has 0 rings (SSSR count). The smallest absolute Gasteiger partial charge is 0.0488 e. The highest BCUT2D eigenvalue weighted by molar-refractivity contribution is 6.21. The molecule has 0 spiro atoms. The molecule has 0 radical (unpaired) electrons. The Morgan fingerprint density at radius 1 is 1.00 bits per heavy atom. The zero-order valence-corrected chi connectivity index (χ0v) is 11.4. The van der Waals surface area contributed by atoms with Crippen LogP contribution in [0.25, 0.3) is 0 Å². The third kappa shape index (κ3) is 8.10. The summed E-state index contributed by atoms with van der Waals surface area (Å²) >= 11 is 6.32. The van der Waals surface area contributed by atoms with Crippen LogP contribution in [0.3, 0.4) is 0 Å². The first-order valence-electron chi connectivity index (χ1n) is 6.60. The highest BCUT2D eigenvalue weighted by Crippen LogP contribution is 2.17. The largest absolute Gasteiger partial charge is 0.315 e. The van der Waals surface area contributed by atoms with Gasteiger partial charge < -0.3 is 5.32 Å². The number of halogens is 1. The minimum absolute atomic E-state index is 0.311. The lowest BCUT2D eigenvalue weighted by Crippen LogP contribution is -2.29. The molecule has 0 saturated heterocycles. The van der Waals surface area contributed by atoms with Crippen molar-refractivity contribution in [3.63, 3.8) is 0 Å². The van der Waals surface area contributed by atoms with Crippen molar-refractivity contribution in [3.8, 4) is 0 Å². The molecule has 1 nitrogen and oxygen atoms in total. The Hall–Kier alpha value is 0.250. The molecule has 0 aliphatic heterocycles. The molecule has 0 saturated carbocycles. The number of nitrogens with one attached hydrogen (secondary N) is 1. The van der Waals surface area contributed by atoms with Gasteiger partial charge in [0.05, 0.1) is 0 Å². The zero-order valence-electron chi connectivity index (χ0n) is 10.7. The van der Waals surface area contributed by atoms with Crippen molar-refractivity contribution in [2.24, 2.45) is 5.92 Å². The van der Waals surface area contributed by atoms with Gasteiger partial charge in [0.2, 0.25) is 0 Å². The molecule has 0 heterocycles. The maximum absolute atomic E-state index is 6.32. The standard InChI is InChI=1S/C13H28ClN/c1-4-7-8-9-10-15-11-13(14)12(5-2)6-3/h12-13,15H,4-11H2,1-3H3. The molecule has 0 aromatic carbocycles. The second-order valence-electron chi connectivity index (χ2n) is 4.36. The monoisotopic (exact) mass is 233 g/mol. The van der Waals surface area contributed by atoms with Crippen LogP contribution >= 0.6 is 11.6 Å². The molecule has 0 fully saturated rings. The molecule has 0 bridgehead atoms. The fourth-order valence-corrected chi connectivity index (χ4v) is 2.35. The average Bonchev–Trinajstić information content (AvgIpc) is 2.25. The first-order valence-corrected chi connectivity index (χ1v) is 7.04. The highest BCUT2D eigenvalue weighted by Gasteiger charge is 2.14. The lowest BCUT2D eigenvalue weighted by molar-refractivity contribution is 0.443. The Bertz CT molecular complexity index is 124. The minimum Gasteiger partial charge on any atom is -0.315 e. The van der Waals surface area contributed by atoms with Crippen LogP contribution in [0, 0.1) is 5.92 Å². The summed E-state index contributed by atoms with van der Waals surface area (Å²) in [4.78, 5) is 0. The normalized spacial score (nSPS) is 13.4. The summed E-state index contributed by atoms with van der Waals surface area (Å²) in [5, 5.41) is 3.77. The third-order valence-corrected chi connectivity index (χ3v) is 3.62. The first kappa shape index (κ1) is 15.2. The molecule has 1 N–H and O–H groups in total. The van der Waals surface area contributed by atoms with Crippen LogP contribution in [-0.4, -0.2) is 18.5 Å². The summed E-state index contributed by atoms with van der Waals surface area (Å²) < 4.78 is 0. The van der Waals surface area contributed by atoms with Crippen LogP contribution < -0.4 is 5.32 Å². The van der Waals surface area contributed by atoms with Gasteiger partial charge in [-0.15, -0.1) is 11.6 Å². The van der Waals surface area contributed by atoms with E-state index in [4.69, 9.17) is 11.6 Å². The van der Waals surface area contributed by atoms with Crippen molar-refractivity contribution in [2.75, 3.05) is 13.1 Å². The zero-order chi connectivity index (χ0) is 11.5. The molecule has 0 amide bonds. The molecule has 92 valence electrons. The van der Waals surface area contributed by atoms with Gasteiger partial charge in [-0.1, -0.05) is 52.9 Å². The van der Waals surface area contributed by atoms with Crippen LogP contribution in [0.15, 0.2) is 0 Å². The lowest BCUT2D eigenvalue weighted by atomic mass is 9.99. The summed E-state index contributed by atoms with van der Waals surface area (Å²) in [5.74, 6) is 0.676. The summed E-state index contributed by atoms with van der Waals surface area (Å²) in [6, 6.07) is 0. The van der Waals surface area contributed by atoms with E-state index in [1.54, 1.807) is 0 Å². The molecule has 1 unspecified atom stereocenters. The van der Waals surface area contributed by atoms with Gasteiger partial charge in [0.1, 0.15) is 0 Å². The molecule has 0 aliphatic carbocycles. The van der Waals surface area contributed by atoms with Gasteiger partial charge >= 0.3 is 0 Å². The van der Waals surface area contributed by atoms with Crippen molar-refractivity contribution in [1.82, 2.24) is 5.32 Å². The fraction of sp³-hybridized carbons (Fsp3) is 1.00. The minimum atomic E-state index is 0.311. The maximum atomic E-state index is 6.32. The highest BCUT2D eigenvalue weighted by atomic mass is 35.5. The lowest BCUT2D eigenvalue weighted by Gasteiger charge is -2.19. The number of hydrogen-bond donors (Lipinski definition) is 1. The van der Waals surface area contributed by atoms with Crippen molar-refractivity contribution in [2.45, 2.75) is 64.7 Å². The SMILES string of the molecule is CCCCCCNCC(Cl)C(CC)CC. The van der Waals surface area contributed by atoms with Crippen molar-refractivity contribution in [3.05, 3.63) is 0 Å². The Kier molecular flexibility index (Phi) is 10.9. The molecule has 15 heavy (non-hydrogen) atoms. The molecular formula is C13H28ClN. The van der Waals surface area contributed by atoms with Crippen LogP contribution in [0.2, 0.25) is 0 Å². The second kappa shape index (κ2) is 10.8. The molecule has 0 aliphatic rings. The predicted octanol–water partition coefficient (Wildman–Crippen LogP) is 4.20. The van der Waals surface area contributed by atoms with Gasteiger partial charge in [-0.25, -0.2) is 0 Å². The van der Waals surface area contributed by atoms with Crippen LogP contribution in [0.5, 0.6) is 0 Å². The quantitative estimate of drug-likeness (QED) is 0.441. The summed E-state index contributed by atoms with van der Waals surface area (Å²) in [7, 11) is 0. The number of alkyl halides is 1. The van der Waals surface area contributed by atoms with Gasteiger partial charge in [-0.05, 0) is 18.9 Å². The Balaban J connectivity index is 3.33. The van der Waals surface area contributed by atoms with E-state index in [9.17, 15) is 0 Å². The number of hydrogen-bond acceptors (Lipinski definition) is 1. The Labute approximate surface area is 101 Å². The van der Waals surface area contributed by atoms with Crippen LogP contribution in [-0.2, 0) is 0 Å². The molecule has 0 aromatic rings. The summed E-state index contributed by atoms with van der Waals surface area (Å²) in [6.45, 7) is 8.80. The Morgan fingerprint density at radius 3 is 2.20 bits per heavy atom. The van der Waals surface area contributed by atoms with E-state index >= 15 is 0 Å². The van der Waals surface area contributed by atoms with Gasteiger partial charge in [-0.3, -0.25) is 0 Å². The van der Waals surface area contributed by atoms with Crippen LogP contribution in [0.4, 0.5) is 0 Å². The predicted molar refractivity (Wildman–Crippen MR) is 70.7 cm³/mol. The van der Waals surface area contributed by atoms with Gasteiger partial charge in [-0.2, -0.15) is 0 Å². The first-order chi connectivity index (χ1) is 7.26. The summed E-state index contributed by atoms with van der Waals surface area (Å²) in [5.41, 5.74) is 0. The van der Waals surface area contributed by atoms with E-state index in [2.05, 4.69) is 26.1 Å².